The highest BCUT2D eigenvalue weighted by atomic mass is 16.2. The summed E-state index contributed by atoms with van der Waals surface area (Å²) in [6.07, 6.45) is 3.42. The van der Waals surface area contributed by atoms with Crippen LogP contribution in [0.3, 0.4) is 0 Å². The number of rotatable bonds is 5. The number of aromatic nitrogens is 3. The number of hydrogen-bond donors (Lipinski definition) is 2. The molecule has 5 heteroatoms. The first kappa shape index (κ1) is 16.1. The van der Waals surface area contributed by atoms with Gasteiger partial charge in [0.1, 0.15) is 11.5 Å². The van der Waals surface area contributed by atoms with E-state index in [0.29, 0.717) is 24.0 Å². The van der Waals surface area contributed by atoms with Gasteiger partial charge in [-0.1, -0.05) is 26.0 Å². The average Bonchev–Trinajstić information content (AvgIpc) is 3.15. The first-order valence-electron chi connectivity index (χ1n) is 8.07. The van der Waals surface area contributed by atoms with Crippen molar-refractivity contribution in [3.05, 3.63) is 59.9 Å². The molecule has 124 valence electrons. The normalized spacial score (nSPS) is 11.2. The van der Waals surface area contributed by atoms with E-state index in [9.17, 15) is 4.79 Å². The van der Waals surface area contributed by atoms with E-state index >= 15 is 0 Å². The Morgan fingerprint density at radius 1 is 1.42 bits per heavy atom. The van der Waals surface area contributed by atoms with Gasteiger partial charge in [0.25, 0.3) is 5.91 Å². The van der Waals surface area contributed by atoms with Gasteiger partial charge in [0.05, 0.1) is 6.20 Å². The van der Waals surface area contributed by atoms with Gasteiger partial charge in [-0.05, 0) is 36.1 Å². The van der Waals surface area contributed by atoms with E-state index < -0.39 is 0 Å². The number of aryl methyl sites for hydroxylation is 1. The summed E-state index contributed by atoms with van der Waals surface area (Å²) >= 11 is 0. The van der Waals surface area contributed by atoms with Crippen molar-refractivity contribution in [3.63, 3.8) is 0 Å². The molecule has 0 unspecified atom stereocenters. The molecule has 0 atom stereocenters. The number of aromatic amines is 1. The van der Waals surface area contributed by atoms with Gasteiger partial charge in [0.15, 0.2) is 0 Å². The van der Waals surface area contributed by atoms with Crippen molar-refractivity contribution in [2.45, 2.75) is 33.2 Å². The Bertz CT molecular complexity index is 888. The molecule has 0 radical (unpaired) electrons. The van der Waals surface area contributed by atoms with Gasteiger partial charge in [0.2, 0.25) is 0 Å². The highest BCUT2D eigenvalue weighted by molar-refractivity contribution is 6.08. The van der Waals surface area contributed by atoms with E-state index in [4.69, 9.17) is 0 Å². The van der Waals surface area contributed by atoms with Crippen LogP contribution in [0.2, 0.25) is 0 Å². The molecule has 1 aromatic carbocycles. The van der Waals surface area contributed by atoms with E-state index in [1.165, 1.54) is 5.56 Å². The number of carbonyl (C=O) groups is 1. The summed E-state index contributed by atoms with van der Waals surface area (Å²) in [6, 6.07) is 8.13. The second kappa shape index (κ2) is 6.35. The zero-order valence-electron chi connectivity index (χ0n) is 14.3. The molecule has 2 aromatic heterocycles. The molecule has 1 amide bonds. The number of H-pyrrole nitrogens is 1. The van der Waals surface area contributed by atoms with Crippen LogP contribution >= 0.6 is 0 Å². The minimum Gasteiger partial charge on any atom is -0.332 e. The van der Waals surface area contributed by atoms with Crippen molar-refractivity contribution in [2.75, 3.05) is 5.32 Å². The number of anilines is 1. The molecule has 2 N–H and O–H groups in total. The van der Waals surface area contributed by atoms with Crippen LogP contribution in [-0.2, 0) is 6.54 Å². The van der Waals surface area contributed by atoms with Crippen molar-refractivity contribution in [1.82, 2.24) is 14.8 Å². The maximum atomic E-state index is 12.8. The second-order valence-corrected chi connectivity index (χ2v) is 6.23. The van der Waals surface area contributed by atoms with Gasteiger partial charge in [-0.25, -0.2) is 0 Å². The monoisotopic (exact) mass is 322 g/mol. The Hall–Kier alpha value is -2.82. The first-order chi connectivity index (χ1) is 11.5. The number of allylic oxidation sites excluding steroid dienone is 1. The lowest BCUT2D eigenvalue weighted by Crippen LogP contribution is -2.18. The first-order valence-corrected chi connectivity index (χ1v) is 8.07. The number of fused-ring (bicyclic) bond motifs is 1. The zero-order valence-corrected chi connectivity index (χ0v) is 14.3. The largest absolute Gasteiger partial charge is 0.332 e. The topological polar surface area (TPSA) is 62.7 Å². The molecule has 3 aromatic rings. The van der Waals surface area contributed by atoms with Gasteiger partial charge < -0.3 is 9.88 Å². The fourth-order valence-electron chi connectivity index (χ4n) is 3.02. The quantitative estimate of drug-likeness (QED) is 0.690. The molecule has 0 saturated carbocycles. The molecule has 0 saturated heterocycles. The Labute approximate surface area is 141 Å². The fourth-order valence-corrected chi connectivity index (χ4v) is 3.02. The number of benzene rings is 1. The minimum absolute atomic E-state index is 0.152. The molecule has 5 nitrogen and oxygen atoms in total. The lowest BCUT2D eigenvalue weighted by Gasteiger charge is -2.09. The lowest BCUT2D eigenvalue weighted by molar-refractivity contribution is 0.101. The number of amides is 1. The maximum absolute atomic E-state index is 12.8. The Morgan fingerprint density at radius 3 is 2.83 bits per heavy atom. The summed E-state index contributed by atoms with van der Waals surface area (Å²) in [6.45, 7) is 10.7. The van der Waals surface area contributed by atoms with Gasteiger partial charge >= 0.3 is 0 Å². The van der Waals surface area contributed by atoms with Gasteiger partial charge in [-0.3, -0.25) is 9.89 Å². The van der Waals surface area contributed by atoms with Crippen LogP contribution in [0.1, 0.15) is 41.4 Å². The summed E-state index contributed by atoms with van der Waals surface area (Å²) in [5, 5.41) is 10.6. The fraction of sp³-hybridized carbons (Fsp3) is 0.263. The van der Waals surface area contributed by atoms with Crippen molar-refractivity contribution >= 4 is 22.6 Å². The molecule has 0 aliphatic carbocycles. The van der Waals surface area contributed by atoms with Crippen molar-refractivity contribution < 1.29 is 4.79 Å². The minimum atomic E-state index is -0.152. The van der Waals surface area contributed by atoms with Gasteiger partial charge in [-0.15, -0.1) is 6.58 Å². The Kier molecular flexibility index (Phi) is 4.25. The van der Waals surface area contributed by atoms with E-state index in [0.717, 1.165) is 16.5 Å². The number of carbonyl (C=O) groups excluding carboxylic acids is 1. The van der Waals surface area contributed by atoms with Crippen molar-refractivity contribution in [3.8, 4) is 0 Å². The molecule has 2 heterocycles. The summed E-state index contributed by atoms with van der Waals surface area (Å²) in [7, 11) is 0. The molecule has 0 aliphatic rings. The summed E-state index contributed by atoms with van der Waals surface area (Å²) in [4.78, 5) is 12.8. The Morgan fingerprint density at radius 2 is 2.21 bits per heavy atom. The average molecular weight is 322 g/mol. The molecular weight excluding hydrogens is 300 g/mol. The van der Waals surface area contributed by atoms with Crippen LogP contribution in [0.15, 0.2) is 43.1 Å². The molecule has 0 bridgehead atoms. The van der Waals surface area contributed by atoms with Crippen LogP contribution in [-0.4, -0.2) is 20.7 Å². The summed E-state index contributed by atoms with van der Waals surface area (Å²) in [5.74, 6) is 0.873. The highest BCUT2D eigenvalue weighted by Gasteiger charge is 2.20. The maximum Gasteiger partial charge on any atom is 0.273 e. The summed E-state index contributed by atoms with van der Waals surface area (Å²) < 4.78 is 2.01. The SMILES string of the molecule is C=CCn1c(C(=O)Nc2ccn[nH]2)c(C)c2cc(C(C)C)ccc21. The van der Waals surface area contributed by atoms with Gasteiger partial charge in [0, 0.05) is 23.5 Å². The van der Waals surface area contributed by atoms with Crippen LogP contribution in [0.4, 0.5) is 5.82 Å². The third kappa shape index (κ3) is 2.73. The van der Waals surface area contributed by atoms with E-state index in [-0.39, 0.29) is 5.91 Å². The molecule has 0 aliphatic heterocycles. The van der Waals surface area contributed by atoms with Crippen molar-refractivity contribution in [1.29, 1.82) is 0 Å². The smallest absolute Gasteiger partial charge is 0.273 e. The predicted molar refractivity (Wildman–Crippen MR) is 97.5 cm³/mol. The van der Waals surface area contributed by atoms with E-state index in [1.807, 2.05) is 17.6 Å². The van der Waals surface area contributed by atoms with Crippen LogP contribution in [0.25, 0.3) is 10.9 Å². The van der Waals surface area contributed by atoms with Crippen LogP contribution < -0.4 is 5.32 Å². The molecular formula is C19H22N4O. The Balaban J connectivity index is 2.14. The predicted octanol–water partition coefficient (Wildman–Crippen LogP) is 4.23. The third-order valence-corrected chi connectivity index (χ3v) is 4.28. The van der Waals surface area contributed by atoms with E-state index in [1.54, 1.807) is 12.3 Å². The summed E-state index contributed by atoms with van der Waals surface area (Å²) in [5.41, 5.74) is 3.94. The standard InChI is InChI=1S/C19H22N4O/c1-5-10-23-16-7-6-14(12(2)3)11-15(16)13(4)18(23)19(24)21-17-8-9-20-22-17/h5-9,11-12H,1,10H2,2-4H3,(H2,20,21,22,24). The lowest BCUT2D eigenvalue weighted by atomic mass is 10.0. The molecule has 3 rings (SSSR count). The van der Waals surface area contributed by atoms with E-state index in [2.05, 4.69) is 54.1 Å². The van der Waals surface area contributed by atoms with Gasteiger partial charge in [-0.2, -0.15) is 5.10 Å². The highest BCUT2D eigenvalue weighted by Crippen LogP contribution is 2.29. The zero-order chi connectivity index (χ0) is 17.3. The molecule has 0 spiro atoms. The molecule has 24 heavy (non-hydrogen) atoms. The molecule has 0 fully saturated rings. The number of nitrogens with zero attached hydrogens (tertiary/aromatic N) is 2. The second-order valence-electron chi connectivity index (χ2n) is 6.23. The van der Waals surface area contributed by atoms with Crippen molar-refractivity contribution in [2.24, 2.45) is 0 Å². The third-order valence-electron chi connectivity index (χ3n) is 4.28. The number of nitrogens with one attached hydrogen (secondary N) is 2. The number of hydrogen-bond acceptors (Lipinski definition) is 2. The van der Waals surface area contributed by atoms with Crippen LogP contribution in [0.5, 0.6) is 0 Å². The van der Waals surface area contributed by atoms with Crippen LogP contribution in [0, 0.1) is 6.92 Å².